The van der Waals surface area contributed by atoms with Gasteiger partial charge in [0.1, 0.15) is 11.6 Å². The Kier molecular flexibility index (Phi) is 6.62. The van der Waals surface area contributed by atoms with Crippen LogP contribution in [-0.4, -0.2) is 52.0 Å². The molecule has 7 nitrogen and oxygen atoms in total. The fraction of sp³-hybridized carbons (Fsp3) is 0.421. The molecule has 3 atom stereocenters. The minimum absolute atomic E-state index is 0.298. The van der Waals surface area contributed by atoms with Crippen LogP contribution in [0.5, 0.6) is 0 Å². The molecule has 0 saturated heterocycles. The first-order valence-corrected chi connectivity index (χ1v) is 8.86. The molecule has 1 aromatic rings. The highest BCUT2D eigenvalue weighted by atomic mass is 35.5. The average Bonchev–Trinajstić information content (AvgIpc) is 2.61. The molecule has 8 heteroatoms. The van der Waals surface area contributed by atoms with E-state index in [1.54, 1.807) is 24.3 Å². The van der Waals surface area contributed by atoms with Crippen molar-refractivity contribution in [2.45, 2.75) is 43.4 Å². The van der Waals surface area contributed by atoms with E-state index in [0.717, 1.165) is 0 Å². The highest BCUT2D eigenvalue weighted by molar-refractivity contribution is 6.31. The number of aliphatic carboxylic acids is 2. The quantitative estimate of drug-likeness (QED) is 0.652. The van der Waals surface area contributed by atoms with Gasteiger partial charge in [-0.3, -0.25) is 19.3 Å². The van der Waals surface area contributed by atoms with E-state index in [-0.39, 0.29) is 5.78 Å². The summed E-state index contributed by atoms with van der Waals surface area (Å²) in [6.07, 6.45) is 1.04. The summed E-state index contributed by atoms with van der Waals surface area (Å²) in [4.78, 5) is 37.8. The number of carboxylic acids is 2. The van der Waals surface area contributed by atoms with Crippen molar-refractivity contribution in [2.24, 2.45) is 0 Å². The van der Waals surface area contributed by atoms with Crippen LogP contribution in [-0.2, 0) is 24.7 Å². The summed E-state index contributed by atoms with van der Waals surface area (Å²) in [5, 5.41) is 19.1. The van der Waals surface area contributed by atoms with E-state index < -0.39 is 36.0 Å². The first-order chi connectivity index (χ1) is 12.8. The molecular weight excluding hydrogens is 374 g/mol. The number of carbonyl (C=O) groups is 3. The van der Waals surface area contributed by atoms with Crippen LogP contribution in [0.1, 0.15) is 31.2 Å². The molecule has 2 rings (SSSR count). The van der Waals surface area contributed by atoms with Gasteiger partial charge in [0.15, 0.2) is 11.9 Å². The topological polar surface area (TPSA) is 104 Å². The number of benzene rings is 1. The molecule has 1 aromatic carbocycles. The zero-order valence-corrected chi connectivity index (χ0v) is 15.7. The summed E-state index contributed by atoms with van der Waals surface area (Å²) in [5.74, 6) is -2.96. The van der Waals surface area contributed by atoms with Gasteiger partial charge in [-0.05, 0) is 37.9 Å². The molecule has 0 radical (unpaired) electrons. The Hall–Kier alpha value is -2.38. The highest BCUT2D eigenvalue weighted by Crippen LogP contribution is 2.44. The van der Waals surface area contributed by atoms with Crippen molar-refractivity contribution >= 4 is 29.3 Å². The van der Waals surface area contributed by atoms with Crippen LogP contribution in [0.15, 0.2) is 37.1 Å². The summed E-state index contributed by atoms with van der Waals surface area (Å²) >= 11 is 6.37. The van der Waals surface area contributed by atoms with Crippen molar-refractivity contribution < 1.29 is 29.3 Å². The molecule has 1 fully saturated rings. The van der Waals surface area contributed by atoms with E-state index >= 15 is 0 Å². The third-order valence-corrected chi connectivity index (χ3v) is 5.34. The second-order valence-electron chi connectivity index (χ2n) is 6.45. The molecule has 1 aliphatic rings. The minimum Gasteiger partial charge on any atom is -0.491 e. The Labute approximate surface area is 162 Å². The average molecular weight is 396 g/mol. The number of rotatable bonds is 8. The zero-order chi connectivity index (χ0) is 20.2. The summed E-state index contributed by atoms with van der Waals surface area (Å²) < 4.78 is 5.36. The van der Waals surface area contributed by atoms with Gasteiger partial charge in [-0.25, -0.2) is 0 Å². The molecule has 0 heterocycles. The lowest BCUT2D eigenvalue weighted by molar-refractivity contribution is -0.159. The number of likely N-dealkylation sites (N-methyl/N-ethyl adjacent to an activating group) is 1. The summed E-state index contributed by atoms with van der Waals surface area (Å²) in [6, 6.07) is 5.27. The maximum atomic E-state index is 13.4. The number of carboxylic acid groups (broad SMARTS) is 2. The second-order valence-corrected chi connectivity index (χ2v) is 6.86. The van der Waals surface area contributed by atoms with Crippen molar-refractivity contribution in [3.05, 3.63) is 47.7 Å². The fourth-order valence-corrected chi connectivity index (χ4v) is 4.03. The van der Waals surface area contributed by atoms with E-state index in [0.29, 0.717) is 29.8 Å². The third-order valence-electron chi connectivity index (χ3n) is 5.01. The van der Waals surface area contributed by atoms with Crippen molar-refractivity contribution in [1.82, 2.24) is 4.90 Å². The lowest BCUT2D eigenvalue weighted by Crippen LogP contribution is -2.61. The lowest BCUT2D eigenvalue weighted by atomic mass is 9.72. The van der Waals surface area contributed by atoms with Gasteiger partial charge in [-0.15, -0.1) is 0 Å². The summed E-state index contributed by atoms with van der Waals surface area (Å²) in [5.41, 5.74) is -0.976. The number of carbonyl (C=O) groups excluding carboxylic acids is 1. The van der Waals surface area contributed by atoms with Gasteiger partial charge >= 0.3 is 11.9 Å². The van der Waals surface area contributed by atoms with Gasteiger partial charge in [-0.1, -0.05) is 36.4 Å². The van der Waals surface area contributed by atoms with Gasteiger partial charge in [0.2, 0.25) is 0 Å². The Bertz CT molecular complexity index is 751. The van der Waals surface area contributed by atoms with E-state index in [1.807, 2.05) is 0 Å². The maximum Gasteiger partial charge on any atom is 0.321 e. The van der Waals surface area contributed by atoms with Crippen LogP contribution in [0.4, 0.5) is 0 Å². The van der Waals surface area contributed by atoms with Crippen molar-refractivity contribution in [3.63, 3.8) is 0 Å². The smallest absolute Gasteiger partial charge is 0.321 e. The number of halogens is 1. The minimum atomic E-state index is -1.41. The van der Waals surface area contributed by atoms with E-state index in [4.69, 9.17) is 21.4 Å². The molecular formula is C19H22ClNO6. The summed E-state index contributed by atoms with van der Waals surface area (Å²) in [6.45, 7) is 3.49. The third kappa shape index (κ3) is 3.99. The molecule has 0 bridgehead atoms. The van der Waals surface area contributed by atoms with Crippen molar-refractivity contribution in [2.75, 3.05) is 7.05 Å². The number of ether oxygens (including phenoxy) is 1. The predicted octanol–water partition coefficient (Wildman–Crippen LogP) is 2.68. The van der Waals surface area contributed by atoms with Crippen LogP contribution in [0.2, 0.25) is 5.02 Å². The molecule has 146 valence electrons. The molecule has 2 N–H and O–H groups in total. The Morgan fingerprint density at radius 2 is 2.11 bits per heavy atom. The first-order valence-electron chi connectivity index (χ1n) is 8.49. The van der Waals surface area contributed by atoms with E-state index in [1.165, 1.54) is 18.2 Å². The largest absolute Gasteiger partial charge is 0.491 e. The first kappa shape index (κ1) is 20.9. The molecule has 0 aliphatic heterocycles. The van der Waals surface area contributed by atoms with Crippen LogP contribution in [0.25, 0.3) is 0 Å². The number of ketones is 1. The normalized spacial score (nSPS) is 23.7. The standard InChI is InChI=1S/C19H22ClNO6/c1-3-27-15-9-6-10-19(17(15)24,12-7-4-5-8-13(12)20)21(2)14(18(25)26)11-16(22)23/h3-5,7-8,14-15H,1,6,9-11H2,2H3,(H,22,23)(H,25,26)/t14-,15+,19+/m0/s1. The van der Waals surface area contributed by atoms with Crippen LogP contribution < -0.4 is 0 Å². The Morgan fingerprint density at radius 1 is 1.44 bits per heavy atom. The molecule has 27 heavy (non-hydrogen) atoms. The molecule has 0 spiro atoms. The van der Waals surface area contributed by atoms with Gasteiger partial charge in [0.05, 0.1) is 12.7 Å². The molecule has 0 amide bonds. The predicted molar refractivity (Wildman–Crippen MR) is 98.5 cm³/mol. The second kappa shape index (κ2) is 8.54. The zero-order valence-electron chi connectivity index (χ0n) is 14.9. The van der Waals surface area contributed by atoms with Crippen LogP contribution >= 0.6 is 11.6 Å². The van der Waals surface area contributed by atoms with E-state index in [2.05, 4.69) is 6.58 Å². The van der Waals surface area contributed by atoms with Gasteiger partial charge < -0.3 is 14.9 Å². The number of hydrogen-bond acceptors (Lipinski definition) is 5. The summed E-state index contributed by atoms with van der Waals surface area (Å²) in [7, 11) is 1.44. The van der Waals surface area contributed by atoms with Crippen molar-refractivity contribution in [3.8, 4) is 0 Å². The van der Waals surface area contributed by atoms with Crippen LogP contribution in [0.3, 0.4) is 0 Å². The van der Waals surface area contributed by atoms with Gasteiger partial charge in [-0.2, -0.15) is 0 Å². The fourth-order valence-electron chi connectivity index (χ4n) is 3.74. The number of hydrogen-bond donors (Lipinski definition) is 2. The Balaban J connectivity index is 2.64. The molecule has 1 saturated carbocycles. The highest BCUT2D eigenvalue weighted by Gasteiger charge is 2.53. The Morgan fingerprint density at radius 3 is 2.67 bits per heavy atom. The van der Waals surface area contributed by atoms with Gasteiger partial charge in [0, 0.05) is 5.02 Å². The monoisotopic (exact) mass is 395 g/mol. The van der Waals surface area contributed by atoms with Crippen LogP contribution in [0, 0.1) is 0 Å². The molecule has 0 aromatic heterocycles. The molecule has 0 unspecified atom stereocenters. The maximum absolute atomic E-state index is 13.4. The van der Waals surface area contributed by atoms with E-state index in [9.17, 15) is 19.5 Å². The SMILES string of the molecule is C=CO[C@@H]1CCC[C@](c2ccccc2Cl)(N(C)[C@@H](CC(=O)O)C(=O)O)C1=O. The van der Waals surface area contributed by atoms with Crippen molar-refractivity contribution in [1.29, 1.82) is 0 Å². The molecule has 1 aliphatic carbocycles. The van der Waals surface area contributed by atoms with Gasteiger partial charge in [0.25, 0.3) is 0 Å². The number of Topliss-reactive ketones (excluding diaryl/α,β-unsaturated/α-hetero) is 1. The number of nitrogens with zero attached hydrogens (tertiary/aromatic N) is 1. The lowest BCUT2D eigenvalue weighted by Gasteiger charge is -2.47.